The van der Waals surface area contributed by atoms with Crippen molar-refractivity contribution in [2.45, 2.75) is 6.92 Å². The Morgan fingerprint density at radius 2 is 1.93 bits per heavy atom. The second-order valence-electron chi connectivity index (χ2n) is 6.50. The van der Waals surface area contributed by atoms with E-state index in [2.05, 4.69) is 25.3 Å². The molecule has 1 saturated heterocycles. The van der Waals surface area contributed by atoms with Crippen molar-refractivity contribution in [1.82, 2.24) is 20.0 Å². The highest BCUT2D eigenvalue weighted by molar-refractivity contribution is 6.30. The highest BCUT2D eigenvalue weighted by Crippen LogP contribution is 2.21. The van der Waals surface area contributed by atoms with E-state index in [4.69, 9.17) is 16.1 Å². The van der Waals surface area contributed by atoms with Gasteiger partial charge in [0, 0.05) is 49.0 Å². The summed E-state index contributed by atoms with van der Waals surface area (Å²) >= 11 is 6.08. The fourth-order valence-corrected chi connectivity index (χ4v) is 3.29. The van der Waals surface area contributed by atoms with E-state index in [0.717, 1.165) is 18.8 Å². The molecule has 0 radical (unpaired) electrons. The van der Waals surface area contributed by atoms with Gasteiger partial charge in [-0.1, -0.05) is 22.8 Å². The summed E-state index contributed by atoms with van der Waals surface area (Å²) < 4.78 is 5.02. The molecular formula is C19H19ClN6O2. The molecule has 0 atom stereocenters. The molecule has 3 aromatic rings. The lowest BCUT2D eigenvalue weighted by Crippen LogP contribution is -2.49. The molecule has 9 heteroatoms. The van der Waals surface area contributed by atoms with E-state index in [1.807, 2.05) is 24.3 Å². The lowest BCUT2D eigenvalue weighted by Gasteiger charge is -2.36. The van der Waals surface area contributed by atoms with Crippen molar-refractivity contribution < 1.29 is 9.32 Å². The summed E-state index contributed by atoms with van der Waals surface area (Å²) in [7, 11) is 0. The molecule has 0 unspecified atom stereocenters. The minimum absolute atomic E-state index is 0.118. The number of benzene rings is 1. The van der Waals surface area contributed by atoms with Crippen LogP contribution in [0.3, 0.4) is 0 Å². The fourth-order valence-electron chi connectivity index (χ4n) is 3.10. The second-order valence-corrected chi connectivity index (χ2v) is 6.93. The van der Waals surface area contributed by atoms with Gasteiger partial charge in [0.15, 0.2) is 5.82 Å². The first-order valence-electron chi connectivity index (χ1n) is 8.91. The summed E-state index contributed by atoms with van der Waals surface area (Å²) in [5, 5.41) is 7.58. The molecule has 1 aliphatic rings. The molecule has 2 aromatic heterocycles. The highest BCUT2D eigenvalue weighted by atomic mass is 35.5. The van der Waals surface area contributed by atoms with Gasteiger partial charge in [-0.3, -0.25) is 4.79 Å². The van der Waals surface area contributed by atoms with Crippen LogP contribution in [0, 0.1) is 6.92 Å². The summed E-state index contributed by atoms with van der Waals surface area (Å²) in [6.45, 7) is 4.50. The van der Waals surface area contributed by atoms with Crippen molar-refractivity contribution in [2.75, 3.05) is 36.4 Å². The van der Waals surface area contributed by atoms with Crippen LogP contribution in [-0.2, 0) is 0 Å². The summed E-state index contributed by atoms with van der Waals surface area (Å²) in [4.78, 5) is 25.1. The maximum atomic E-state index is 12.8. The summed E-state index contributed by atoms with van der Waals surface area (Å²) in [6, 6.07) is 11.1. The Morgan fingerprint density at radius 1 is 1.11 bits per heavy atom. The Hall–Kier alpha value is -3.13. The van der Waals surface area contributed by atoms with Crippen LogP contribution in [0.1, 0.15) is 16.2 Å². The number of nitrogens with zero attached hydrogens (tertiary/aromatic N) is 5. The zero-order chi connectivity index (χ0) is 19.5. The molecule has 1 N–H and O–H groups in total. The first kappa shape index (κ1) is 18.2. The Labute approximate surface area is 167 Å². The normalized spacial score (nSPS) is 14.2. The van der Waals surface area contributed by atoms with Crippen LogP contribution in [0.4, 0.5) is 17.3 Å². The number of anilines is 3. The fraction of sp³-hybridized carbons (Fsp3) is 0.263. The first-order chi connectivity index (χ1) is 13.6. The van der Waals surface area contributed by atoms with E-state index in [0.29, 0.717) is 41.2 Å². The standard InChI is InChI=1S/C19H19ClN6O2/c1-13-9-18(24-28-13)23-17-11-16(21-12-22-17)19(27)26-7-5-25(6-8-26)15-4-2-3-14(20)10-15/h2-4,9-12H,5-8H2,1H3,(H,21,22,23,24). The topological polar surface area (TPSA) is 87.4 Å². The van der Waals surface area contributed by atoms with Crippen molar-refractivity contribution in [2.24, 2.45) is 0 Å². The minimum Gasteiger partial charge on any atom is -0.368 e. The van der Waals surface area contributed by atoms with Gasteiger partial charge in [0.05, 0.1) is 0 Å². The molecule has 1 fully saturated rings. The number of nitrogens with one attached hydrogen (secondary N) is 1. The van der Waals surface area contributed by atoms with Gasteiger partial charge in [-0.05, 0) is 25.1 Å². The van der Waals surface area contributed by atoms with E-state index in [9.17, 15) is 4.79 Å². The number of amides is 1. The average molecular weight is 399 g/mol. The SMILES string of the molecule is Cc1cc(Nc2cc(C(=O)N3CCN(c4cccc(Cl)c4)CC3)ncn2)no1. The molecule has 1 aliphatic heterocycles. The van der Waals surface area contributed by atoms with Gasteiger partial charge >= 0.3 is 0 Å². The van der Waals surface area contributed by atoms with Crippen molar-refractivity contribution >= 4 is 34.8 Å². The summed E-state index contributed by atoms with van der Waals surface area (Å²) in [5.41, 5.74) is 1.41. The van der Waals surface area contributed by atoms with E-state index in [1.165, 1.54) is 6.33 Å². The molecular weight excluding hydrogens is 380 g/mol. The van der Waals surface area contributed by atoms with E-state index >= 15 is 0 Å². The number of rotatable bonds is 4. The largest absolute Gasteiger partial charge is 0.368 e. The van der Waals surface area contributed by atoms with Crippen molar-refractivity contribution in [1.29, 1.82) is 0 Å². The summed E-state index contributed by atoms with van der Waals surface area (Å²) in [5.74, 6) is 1.59. The monoisotopic (exact) mass is 398 g/mol. The predicted molar refractivity (Wildman–Crippen MR) is 106 cm³/mol. The number of halogens is 1. The average Bonchev–Trinajstić information content (AvgIpc) is 3.12. The molecule has 3 heterocycles. The smallest absolute Gasteiger partial charge is 0.272 e. The van der Waals surface area contributed by atoms with Crippen LogP contribution < -0.4 is 10.2 Å². The van der Waals surface area contributed by atoms with Crippen molar-refractivity contribution in [3.05, 3.63) is 59.2 Å². The van der Waals surface area contributed by atoms with Crippen LogP contribution in [0.25, 0.3) is 0 Å². The predicted octanol–water partition coefficient (Wildman–Crippen LogP) is 3.13. The number of aromatic nitrogens is 3. The third kappa shape index (κ3) is 4.07. The molecule has 0 aliphatic carbocycles. The van der Waals surface area contributed by atoms with E-state index in [1.54, 1.807) is 24.0 Å². The van der Waals surface area contributed by atoms with Gasteiger partial charge in [0.25, 0.3) is 5.91 Å². The van der Waals surface area contributed by atoms with Gasteiger partial charge in [0.2, 0.25) is 0 Å². The van der Waals surface area contributed by atoms with Crippen molar-refractivity contribution in [3.8, 4) is 0 Å². The summed E-state index contributed by atoms with van der Waals surface area (Å²) in [6.07, 6.45) is 1.37. The van der Waals surface area contributed by atoms with E-state index < -0.39 is 0 Å². The quantitative estimate of drug-likeness (QED) is 0.722. The number of hydrogen-bond donors (Lipinski definition) is 1. The Bertz CT molecular complexity index is 984. The molecule has 28 heavy (non-hydrogen) atoms. The first-order valence-corrected chi connectivity index (χ1v) is 9.28. The van der Waals surface area contributed by atoms with Crippen LogP contribution in [0.5, 0.6) is 0 Å². The van der Waals surface area contributed by atoms with Crippen LogP contribution in [-0.4, -0.2) is 52.1 Å². The number of hydrogen-bond acceptors (Lipinski definition) is 7. The molecule has 0 spiro atoms. The Kier molecular flexibility index (Phi) is 5.12. The van der Waals surface area contributed by atoms with Crippen LogP contribution in [0.15, 0.2) is 47.2 Å². The molecule has 144 valence electrons. The lowest BCUT2D eigenvalue weighted by atomic mass is 10.2. The lowest BCUT2D eigenvalue weighted by molar-refractivity contribution is 0.0740. The number of carbonyl (C=O) groups excluding carboxylic acids is 1. The van der Waals surface area contributed by atoms with Gasteiger partial charge in [-0.2, -0.15) is 0 Å². The Morgan fingerprint density at radius 3 is 2.64 bits per heavy atom. The molecule has 8 nitrogen and oxygen atoms in total. The van der Waals surface area contributed by atoms with Gasteiger partial charge in [-0.15, -0.1) is 0 Å². The molecule has 4 rings (SSSR count). The third-order valence-electron chi connectivity index (χ3n) is 4.51. The van der Waals surface area contributed by atoms with Gasteiger partial charge in [-0.25, -0.2) is 9.97 Å². The molecule has 1 amide bonds. The number of aryl methyl sites for hydroxylation is 1. The van der Waals surface area contributed by atoms with Crippen LogP contribution in [0.2, 0.25) is 5.02 Å². The maximum Gasteiger partial charge on any atom is 0.272 e. The molecule has 0 bridgehead atoms. The maximum absolute atomic E-state index is 12.8. The molecule has 1 aromatic carbocycles. The highest BCUT2D eigenvalue weighted by Gasteiger charge is 2.23. The van der Waals surface area contributed by atoms with E-state index in [-0.39, 0.29) is 5.91 Å². The molecule has 0 saturated carbocycles. The zero-order valence-electron chi connectivity index (χ0n) is 15.3. The number of piperazine rings is 1. The minimum atomic E-state index is -0.118. The van der Waals surface area contributed by atoms with Crippen molar-refractivity contribution in [3.63, 3.8) is 0 Å². The second kappa shape index (κ2) is 7.85. The third-order valence-corrected chi connectivity index (χ3v) is 4.75. The number of carbonyl (C=O) groups is 1. The zero-order valence-corrected chi connectivity index (χ0v) is 16.1. The van der Waals surface area contributed by atoms with Crippen LogP contribution >= 0.6 is 11.6 Å². The van der Waals surface area contributed by atoms with Gasteiger partial charge < -0.3 is 19.6 Å². The van der Waals surface area contributed by atoms with Gasteiger partial charge in [0.1, 0.15) is 23.6 Å². The Balaban J connectivity index is 1.40.